The zero-order chi connectivity index (χ0) is 19.8. The molecular weight excluding hydrogens is 373 g/mol. The molecule has 0 spiro atoms. The molecule has 1 fully saturated rings. The molecule has 3 aromatic rings. The van der Waals surface area contributed by atoms with Crippen molar-refractivity contribution in [3.63, 3.8) is 0 Å². The van der Waals surface area contributed by atoms with Crippen LogP contribution in [0.1, 0.15) is 46.5 Å². The molecular formula is C21H20FN5O2. The Hall–Kier alpha value is -3.13. The number of rotatable bonds is 3. The minimum absolute atomic E-state index is 0.167. The highest BCUT2D eigenvalue weighted by Crippen LogP contribution is 2.25. The van der Waals surface area contributed by atoms with Crippen molar-refractivity contribution in [2.24, 2.45) is 0 Å². The predicted molar refractivity (Wildman–Crippen MR) is 102 cm³/mol. The zero-order valence-corrected chi connectivity index (χ0v) is 15.8. The first-order valence-corrected chi connectivity index (χ1v) is 9.77. The Morgan fingerprint density at radius 2 is 2.14 bits per heavy atom. The number of amides is 1. The molecule has 5 rings (SSSR count). The molecule has 148 valence electrons. The standard InChI is InChI=1S/C21H20FN5O2/c22-15-5-3-13(4-6-15)18-10-19(29-26-18)21(28)27-9-7-16-14(12-27)11-24-20(25-16)17-2-1-8-23-17/h3-6,10-11,17,23H,1-2,7-9,12H2. The highest BCUT2D eigenvalue weighted by molar-refractivity contribution is 5.92. The average Bonchev–Trinajstić information content (AvgIpc) is 3.45. The molecule has 1 atom stereocenters. The summed E-state index contributed by atoms with van der Waals surface area (Å²) < 4.78 is 18.4. The summed E-state index contributed by atoms with van der Waals surface area (Å²) in [6, 6.07) is 7.74. The summed E-state index contributed by atoms with van der Waals surface area (Å²) in [6.45, 7) is 2.01. The number of benzene rings is 1. The number of carbonyl (C=O) groups is 1. The maximum Gasteiger partial charge on any atom is 0.292 e. The van der Waals surface area contributed by atoms with Crippen LogP contribution in [-0.2, 0) is 13.0 Å². The van der Waals surface area contributed by atoms with E-state index in [9.17, 15) is 9.18 Å². The number of aromatic nitrogens is 3. The molecule has 0 aliphatic carbocycles. The van der Waals surface area contributed by atoms with E-state index in [0.717, 1.165) is 36.5 Å². The van der Waals surface area contributed by atoms with Crippen LogP contribution in [-0.4, -0.2) is 39.0 Å². The second kappa shape index (κ2) is 7.36. The molecule has 7 nitrogen and oxygen atoms in total. The maximum atomic E-state index is 13.1. The molecule has 1 N–H and O–H groups in total. The number of halogens is 1. The van der Waals surface area contributed by atoms with Crippen LogP contribution in [0.3, 0.4) is 0 Å². The lowest BCUT2D eigenvalue weighted by molar-refractivity contribution is 0.0691. The smallest absolute Gasteiger partial charge is 0.292 e. The summed E-state index contributed by atoms with van der Waals surface area (Å²) in [4.78, 5) is 23.8. The summed E-state index contributed by atoms with van der Waals surface area (Å²) in [7, 11) is 0. The first-order valence-electron chi connectivity index (χ1n) is 9.77. The normalized spacial score (nSPS) is 18.7. The van der Waals surface area contributed by atoms with E-state index in [0.29, 0.717) is 30.8 Å². The van der Waals surface area contributed by atoms with Crippen molar-refractivity contribution in [3.8, 4) is 11.3 Å². The molecule has 1 amide bonds. The summed E-state index contributed by atoms with van der Waals surface area (Å²) in [5.41, 5.74) is 3.17. The first kappa shape index (κ1) is 17.9. The molecule has 29 heavy (non-hydrogen) atoms. The number of nitrogens with one attached hydrogen (secondary N) is 1. The molecule has 0 radical (unpaired) electrons. The number of nitrogens with zero attached hydrogens (tertiary/aromatic N) is 4. The van der Waals surface area contributed by atoms with Gasteiger partial charge in [-0.3, -0.25) is 4.79 Å². The third-order valence-electron chi connectivity index (χ3n) is 5.47. The van der Waals surface area contributed by atoms with Crippen LogP contribution in [0.4, 0.5) is 4.39 Å². The quantitative estimate of drug-likeness (QED) is 0.737. The van der Waals surface area contributed by atoms with Gasteiger partial charge in [-0.05, 0) is 43.7 Å². The molecule has 1 aromatic carbocycles. The second-order valence-electron chi connectivity index (χ2n) is 7.41. The van der Waals surface area contributed by atoms with E-state index in [4.69, 9.17) is 9.51 Å². The molecule has 0 saturated carbocycles. The minimum Gasteiger partial charge on any atom is -0.350 e. The summed E-state index contributed by atoms with van der Waals surface area (Å²) in [6.07, 6.45) is 4.72. The van der Waals surface area contributed by atoms with Gasteiger partial charge in [-0.15, -0.1) is 0 Å². The monoisotopic (exact) mass is 393 g/mol. The van der Waals surface area contributed by atoms with Gasteiger partial charge in [-0.25, -0.2) is 14.4 Å². The van der Waals surface area contributed by atoms with Crippen molar-refractivity contribution in [2.45, 2.75) is 31.8 Å². The van der Waals surface area contributed by atoms with Crippen LogP contribution < -0.4 is 5.32 Å². The highest BCUT2D eigenvalue weighted by Gasteiger charge is 2.27. The fraction of sp³-hybridized carbons (Fsp3) is 0.333. The Morgan fingerprint density at radius 3 is 2.93 bits per heavy atom. The van der Waals surface area contributed by atoms with E-state index >= 15 is 0 Å². The van der Waals surface area contributed by atoms with Crippen molar-refractivity contribution >= 4 is 5.91 Å². The number of hydrogen-bond donors (Lipinski definition) is 1. The van der Waals surface area contributed by atoms with Gasteiger partial charge in [0, 0.05) is 42.9 Å². The molecule has 8 heteroatoms. The van der Waals surface area contributed by atoms with Crippen molar-refractivity contribution < 1.29 is 13.7 Å². The Bertz CT molecular complexity index is 1040. The van der Waals surface area contributed by atoms with Crippen molar-refractivity contribution in [1.82, 2.24) is 25.3 Å². The Balaban J connectivity index is 1.31. The lowest BCUT2D eigenvalue weighted by atomic mass is 10.1. The molecule has 2 aliphatic heterocycles. The lowest BCUT2D eigenvalue weighted by Gasteiger charge is -2.27. The lowest BCUT2D eigenvalue weighted by Crippen LogP contribution is -2.36. The predicted octanol–water partition coefficient (Wildman–Crippen LogP) is 2.89. The van der Waals surface area contributed by atoms with Gasteiger partial charge in [0.25, 0.3) is 5.91 Å². The van der Waals surface area contributed by atoms with Gasteiger partial charge in [-0.2, -0.15) is 0 Å². The first-order chi connectivity index (χ1) is 14.2. The van der Waals surface area contributed by atoms with Crippen LogP contribution in [0, 0.1) is 5.82 Å². The van der Waals surface area contributed by atoms with Gasteiger partial charge < -0.3 is 14.7 Å². The van der Waals surface area contributed by atoms with Gasteiger partial charge in [0.15, 0.2) is 0 Å². The molecule has 4 heterocycles. The van der Waals surface area contributed by atoms with E-state index in [-0.39, 0.29) is 23.5 Å². The van der Waals surface area contributed by atoms with Gasteiger partial charge in [0.05, 0.1) is 11.7 Å². The second-order valence-corrected chi connectivity index (χ2v) is 7.41. The SMILES string of the molecule is O=C(c1cc(-c2ccc(F)cc2)no1)N1CCc2nc(C3CCCN3)ncc2C1. The highest BCUT2D eigenvalue weighted by atomic mass is 19.1. The number of fused-ring (bicyclic) bond motifs is 1. The Morgan fingerprint density at radius 1 is 1.28 bits per heavy atom. The fourth-order valence-corrected chi connectivity index (χ4v) is 3.87. The molecule has 0 bridgehead atoms. The van der Waals surface area contributed by atoms with Crippen LogP contribution in [0.25, 0.3) is 11.3 Å². The maximum absolute atomic E-state index is 13.1. The van der Waals surface area contributed by atoms with E-state index in [1.54, 1.807) is 23.1 Å². The number of carbonyl (C=O) groups excluding carboxylic acids is 1. The largest absolute Gasteiger partial charge is 0.350 e. The third-order valence-corrected chi connectivity index (χ3v) is 5.47. The Kier molecular flexibility index (Phi) is 4.55. The fourth-order valence-electron chi connectivity index (χ4n) is 3.87. The summed E-state index contributed by atoms with van der Waals surface area (Å²) >= 11 is 0. The van der Waals surface area contributed by atoms with Crippen LogP contribution in [0.2, 0.25) is 0 Å². The van der Waals surface area contributed by atoms with E-state index in [1.165, 1.54) is 12.1 Å². The van der Waals surface area contributed by atoms with Gasteiger partial charge in [0.2, 0.25) is 5.76 Å². The van der Waals surface area contributed by atoms with Crippen molar-refractivity contribution in [2.75, 3.05) is 13.1 Å². The van der Waals surface area contributed by atoms with Crippen molar-refractivity contribution in [3.05, 3.63) is 65.2 Å². The van der Waals surface area contributed by atoms with E-state index in [1.807, 2.05) is 6.20 Å². The van der Waals surface area contributed by atoms with Crippen LogP contribution in [0.15, 0.2) is 41.1 Å². The van der Waals surface area contributed by atoms with E-state index in [2.05, 4.69) is 15.5 Å². The van der Waals surface area contributed by atoms with Gasteiger partial charge in [-0.1, -0.05) is 5.16 Å². The van der Waals surface area contributed by atoms with Crippen LogP contribution >= 0.6 is 0 Å². The average molecular weight is 393 g/mol. The molecule has 2 aliphatic rings. The topological polar surface area (TPSA) is 84.2 Å². The van der Waals surface area contributed by atoms with Crippen molar-refractivity contribution in [1.29, 1.82) is 0 Å². The summed E-state index contributed by atoms with van der Waals surface area (Å²) in [5.74, 6) is 0.466. The van der Waals surface area contributed by atoms with Gasteiger partial charge >= 0.3 is 0 Å². The van der Waals surface area contributed by atoms with E-state index < -0.39 is 0 Å². The minimum atomic E-state index is -0.324. The number of hydrogen-bond acceptors (Lipinski definition) is 6. The summed E-state index contributed by atoms with van der Waals surface area (Å²) in [5, 5.41) is 7.37. The molecule has 1 unspecified atom stereocenters. The molecule has 1 saturated heterocycles. The zero-order valence-electron chi connectivity index (χ0n) is 15.8. The Labute approximate surface area is 166 Å². The van der Waals surface area contributed by atoms with Gasteiger partial charge in [0.1, 0.15) is 17.3 Å². The van der Waals surface area contributed by atoms with Crippen LogP contribution in [0.5, 0.6) is 0 Å². The third kappa shape index (κ3) is 3.51. The molecule has 2 aromatic heterocycles.